The second-order valence-corrected chi connectivity index (χ2v) is 5.47. The Labute approximate surface area is 101 Å². The van der Waals surface area contributed by atoms with Gasteiger partial charge in [0.1, 0.15) is 4.90 Å². The van der Waals surface area contributed by atoms with Crippen LogP contribution >= 0.6 is 0 Å². The summed E-state index contributed by atoms with van der Waals surface area (Å²) in [7, 11) is -2.18. The average Bonchev–Trinajstić information content (AvgIpc) is 2.30. The SMILES string of the molecule is CCNc1ccncc1S(=O)(=O)N(C)CCO. The summed E-state index contributed by atoms with van der Waals surface area (Å²) in [6.45, 7) is 2.35. The Morgan fingerprint density at radius 2 is 2.24 bits per heavy atom. The number of aliphatic hydroxyl groups excluding tert-OH is 1. The van der Waals surface area contributed by atoms with E-state index in [9.17, 15) is 8.42 Å². The average molecular weight is 259 g/mol. The number of sulfonamides is 1. The molecule has 0 aliphatic heterocycles. The molecule has 0 atom stereocenters. The Morgan fingerprint density at radius 3 is 2.82 bits per heavy atom. The van der Waals surface area contributed by atoms with E-state index in [0.717, 1.165) is 4.31 Å². The molecule has 6 nitrogen and oxygen atoms in total. The first kappa shape index (κ1) is 13.9. The molecule has 0 fully saturated rings. The minimum atomic E-state index is -3.61. The van der Waals surface area contributed by atoms with Crippen molar-refractivity contribution in [1.29, 1.82) is 0 Å². The van der Waals surface area contributed by atoms with Crippen molar-refractivity contribution in [3.05, 3.63) is 18.5 Å². The van der Waals surface area contributed by atoms with Gasteiger partial charge in [0.25, 0.3) is 0 Å². The number of hydrogen-bond donors (Lipinski definition) is 2. The summed E-state index contributed by atoms with van der Waals surface area (Å²) in [4.78, 5) is 3.95. The highest BCUT2D eigenvalue weighted by molar-refractivity contribution is 7.89. The first-order valence-electron chi connectivity index (χ1n) is 5.29. The number of hydrogen-bond acceptors (Lipinski definition) is 5. The molecule has 0 unspecified atom stereocenters. The quantitative estimate of drug-likeness (QED) is 0.758. The van der Waals surface area contributed by atoms with Crippen molar-refractivity contribution in [3.63, 3.8) is 0 Å². The molecular weight excluding hydrogens is 242 g/mol. The van der Waals surface area contributed by atoms with Gasteiger partial charge in [-0.15, -0.1) is 0 Å². The number of rotatable bonds is 6. The molecule has 0 saturated carbocycles. The highest BCUT2D eigenvalue weighted by Crippen LogP contribution is 2.22. The van der Waals surface area contributed by atoms with E-state index in [2.05, 4.69) is 10.3 Å². The fourth-order valence-corrected chi connectivity index (χ4v) is 2.62. The molecule has 0 bridgehead atoms. The maximum atomic E-state index is 12.2. The second-order valence-electron chi connectivity index (χ2n) is 3.45. The smallest absolute Gasteiger partial charge is 0.246 e. The predicted molar refractivity (Wildman–Crippen MR) is 65.3 cm³/mol. The maximum absolute atomic E-state index is 12.2. The summed E-state index contributed by atoms with van der Waals surface area (Å²) >= 11 is 0. The number of pyridine rings is 1. The van der Waals surface area contributed by atoms with Gasteiger partial charge >= 0.3 is 0 Å². The van der Waals surface area contributed by atoms with Gasteiger partial charge in [0.15, 0.2) is 0 Å². The molecule has 0 radical (unpaired) electrons. The van der Waals surface area contributed by atoms with Crippen molar-refractivity contribution < 1.29 is 13.5 Å². The standard InChI is InChI=1S/C10H17N3O3S/c1-3-12-9-4-5-11-8-10(9)17(15,16)13(2)6-7-14/h4-5,8,14H,3,6-7H2,1-2H3,(H,11,12). The zero-order chi connectivity index (χ0) is 12.9. The Bertz CT molecular complexity index is 462. The molecule has 7 heteroatoms. The van der Waals surface area contributed by atoms with Gasteiger partial charge in [-0.1, -0.05) is 0 Å². The van der Waals surface area contributed by atoms with Gasteiger partial charge in [-0.2, -0.15) is 4.31 Å². The van der Waals surface area contributed by atoms with Gasteiger partial charge in [0.2, 0.25) is 10.0 Å². The summed E-state index contributed by atoms with van der Waals surface area (Å²) < 4.78 is 25.4. The third kappa shape index (κ3) is 3.15. The second kappa shape index (κ2) is 5.95. The van der Waals surface area contributed by atoms with Gasteiger partial charge in [-0.3, -0.25) is 4.98 Å². The summed E-state index contributed by atoms with van der Waals surface area (Å²) in [6.07, 6.45) is 2.84. The lowest BCUT2D eigenvalue weighted by Gasteiger charge is -2.18. The van der Waals surface area contributed by atoms with Crippen molar-refractivity contribution in [3.8, 4) is 0 Å². The van der Waals surface area contributed by atoms with Crippen LogP contribution < -0.4 is 5.32 Å². The summed E-state index contributed by atoms with van der Waals surface area (Å²) in [5, 5.41) is 11.8. The molecule has 0 spiro atoms. The molecule has 2 N–H and O–H groups in total. The van der Waals surface area contributed by atoms with Crippen LogP contribution in [-0.4, -0.2) is 49.6 Å². The van der Waals surface area contributed by atoms with Crippen LogP contribution in [0.5, 0.6) is 0 Å². The van der Waals surface area contributed by atoms with Crippen LogP contribution in [0.1, 0.15) is 6.92 Å². The first-order chi connectivity index (χ1) is 8.04. The normalized spacial score (nSPS) is 11.8. The van der Waals surface area contributed by atoms with Crippen LogP contribution in [0.25, 0.3) is 0 Å². The molecule has 0 aliphatic carbocycles. The van der Waals surface area contributed by atoms with E-state index >= 15 is 0 Å². The number of aliphatic hydroxyl groups is 1. The van der Waals surface area contributed by atoms with Gasteiger partial charge in [0, 0.05) is 32.5 Å². The zero-order valence-electron chi connectivity index (χ0n) is 9.92. The minimum Gasteiger partial charge on any atom is -0.395 e. The van der Waals surface area contributed by atoms with E-state index in [1.807, 2.05) is 6.92 Å². The van der Waals surface area contributed by atoms with Crippen molar-refractivity contribution in [1.82, 2.24) is 9.29 Å². The Morgan fingerprint density at radius 1 is 1.53 bits per heavy atom. The molecule has 17 heavy (non-hydrogen) atoms. The Hall–Kier alpha value is -1.18. The molecule has 0 aliphatic rings. The van der Waals surface area contributed by atoms with Gasteiger partial charge in [-0.25, -0.2) is 8.42 Å². The van der Waals surface area contributed by atoms with E-state index in [4.69, 9.17) is 5.11 Å². The lowest BCUT2D eigenvalue weighted by Crippen LogP contribution is -2.30. The third-order valence-electron chi connectivity index (χ3n) is 2.25. The van der Waals surface area contributed by atoms with Gasteiger partial charge < -0.3 is 10.4 Å². The van der Waals surface area contributed by atoms with Crippen LogP contribution in [0.15, 0.2) is 23.4 Å². The van der Waals surface area contributed by atoms with Crippen molar-refractivity contribution in [2.24, 2.45) is 0 Å². The molecule has 0 saturated heterocycles. The van der Waals surface area contributed by atoms with Crippen LogP contribution in [0, 0.1) is 0 Å². The van der Waals surface area contributed by atoms with Crippen LogP contribution in [-0.2, 0) is 10.0 Å². The summed E-state index contributed by atoms with van der Waals surface area (Å²) in [5.41, 5.74) is 0.521. The van der Waals surface area contributed by atoms with Crippen LogP contribution in [0.3, 0.4) is 0 Å². The van der Waals surface area contributed by atoms with Crippen LogP contribution in [0.2, 0.25) is 0 Å². The first-order valence-corrected chi connectivity index (χ1v) is 6.73. The molecule has 1 heterocycles. The molecule has 1 aromatic rings. The summed E-state index contributed by atoms with van der Waals surface area (Å²) in [5.74, 6) is 0. The number of anilines is 1. The monoisotopic (exact) mass is 259 g/mol. The largest absolute Gasteiger partial charge is 0.395 e. The van der Waals surface area contributed by atoms with E-state index in [1.54, 1.807) is 6.07 Å². The van der Waals surface area contributed by atoms with E-state index < -0.39 is 10.0 Å². The lowest BCUT2D eigenvalue weighted by atomic mass is 10.4. The van der Waals surface area contributed by atoms with Crippen molar-refractivity contribution >= 4 is 15.7 Å². The molecular formula is C10H17N3O3S. The highest BCUT2D eigenvalue weighted by atomic mass is 32.2. The molecule has 1 aromatic heterocycles. The lowest BCUT2D eigenvalue weighted by molar-refractivity contribution is 0.266. The number of likely N-dealkylation sites (N-methyl/N-ethyl adjacent to an activating group) is 1. The number of nitrogens with one attached hydrogen (secondary N) is 1. The molecule has 0 amide bonds. The number of nitrogens with zero attached hydrogens (tertiary/aromatic N) is 2. The van der Waals surface area contributed by atoms with Gasteiger partial charge in [-0.05, 0) is 13.0 Å². The van der Waals surface area contributed by atoms with Gasteiger partial charge in [0.05, 0.1) is 12.3 Å². The minimum absolute atomic E-state index is 0.0583. The van der Waals surface area contributed by atoms with Crippen LogP contribution in [0.4, 0.5) is 5.69 Å². The van der Waals surface area contributed by atoms with Crippen molar-refractivity contribution in [2.75, 3.05) is 32.1 Å². The zero-order valence-corrected chi connectivity index (χ0v) is 10.7. The molecule has 1 rings (SSSR count). The predicted octanol–water partition coefficient (Wildman–Crippen LogP) is 0.126. The Kier molecular flexibility index (Phi) is 4.86. The van der Waals surface area contributed by atoms with E-state index in [-0.39, 0.29) is 18.0 Å². The highest BCUT2D eigenvalue weighted by Gasteiger charge is 2.23. The fourth-order valence-electron chi connectivity index (χ4n) is 1.35. The molecule has 0 aromatic carbocycles. The van der Waals surface area contributed by atoms with Crippen molar-refractivity contribution in [2.45, 2.75) is 11.8 Å². The Balaban J connectivity index is 3.14. The van der Waals surface area contributed by atoms with E-state index in [0.29, 0.717) is 12.2 Å². The fraction of sp³-hybridized carbons (Fsp3) is 0.500. The van der Waals surface area contributed by atoms with E-state index in [1.165, 1.54) is 19.4 Å². The molecule has 96 valence electrons. The number of aromatic nitrogens is 1. The maximum Gasteiger partial charge on any atom is 0.246 e. The topological polar surface area (TPSA) is 82.5 Å². The summed E-state index contributed by atoms with van der Waals surface area (Å²) in [6, 6.07) is 1.61. The third-order valence-corrected chi connectivity index (χ3v) is 4.14.